The van der Waals surface area contributed by atoms with Crippen molar-refractivity contribution in [1.29, 1.82) is 5.26 Å². The largest absolute Gasteiger partial charge is 0.371 e. The summed E-state index contributed by atoms with van der Waals surface area (Å²) in [5.74, 6) is -0.190. The average Bonchev–Trinajstić information content (AvgIpc) is 2.61. The SMILES string of the molecule is N#Cc1cccc(CNC2CCN(c3ccc(F)cc3)CC2)c1. The van der Waals surface area contributed by atoms with E-state index < -0.39 is 0 Å². The van der Waals surface area contributed by atoms with Crippen molar-refractivity contribution in [1.82, 2.24) is 5.32 Å². The predicted molar refractivity (Wildman–Crippen MR) is 89.6 cm³/mol. The molecule has 2 aromatic carbocycles. The Kier molecular flexibility index (Phi) is 4.89. The van der Waals surface area contributed by atoms with Gasteiger partial charge in [-0.3, -0.25) is 0 Å². The highest BCUT2D eigenvalue weighted by Crippen LogP contribution is 2.20. The molecule has 118 valence electrons. The molecule has 1 aliphatic heterocycles. The standard InChI is InChI=1S/C19H20FN3/c20-17-4-6-19(7-5-17)23-10-8-18(9-11-23)22-14-16-3-1-2-15(12-16)13-21/h1-7,12,18,22H,8-11,14H2. The van der Waals surface area contributed by atoms with Gasteiger partial charge >= 0.3 is 0 Å². The average molecular weight is 309 g/mol. The van der Waals surface area contributed by atoms with Crippen molar-refractivity contribution < 1.29 is 4.39 Å². The summed E-state index contributed by atoms with van der Waals surface area (Å²) in [6.07, 6.45) is 2.13. The van der Waals surface area contributed by atoms with Gasteiger partial charge < -0.3 is 10.2 Å². The highest BCUT2D eigenvalue weighted by molar-refractivity contribution is 5.46. The van der Waals surface area contributed by atoms with Crippen LogP contribution >= 0.6 is 0 Å². The molecule has 0 aromatic heterocycles. The molecule has 1 saturated heterocycles. The second-order valence-corrected chi connectivity index (χ2v) is 5.93. The van der Waals surface area contributed by atoms with Crippen molar-refractivity contribution in [3.8, 4) is 6.07 Å². The Bertz CT molecular complexity index is 683. The van der Waals surface area contributed by atoms with Crippen LogP contribution in [-0.4, -0.2) is 19.1 Å². The van der Waals surface area contributed by atoms with E-state index in [9.17, 15) is 4.39 Å². The zero-order valence-corrected chi connectivity index (χ0v) is 13.0. The lowest BCUT2D eigenvalue weighted by atomic mass is 10.0. The summed E-state index contributed by atoms with van der Waals surface area (Å²) in [4.78, 5) is 2.30. The van der Waals surface area contributed by atoms with E-state index in [0.717, 1.165) is 43.7 Å². The van der Waals surface area contributed by atoms with Gasteiger partial charge in [0.25, 0.3) is 0 Å². The van der Waals surface area contributed by atoms with E-state index in [1.807, 2.05) is 36.4 Å². The third-order valence-electron chi connectivity index (χ3n) is 4.34. The Morgan fingerprint density at radius 1 is 1.13 bits per heavy atom. The van der Waals surface area contributed by atoms with Crippen LogP contribution in [0.2, 0.25) is 0 Å². The normalized spacial score (nSPS) is 15.4. The lowest BCUT2D eigenvalue weighted by Gasteiger charge is -2.34. The quantitative estimate of drug-likeness (QED) is 0.940. The van der Waals surface area contributed by atoms with Crippen LogP contribution in [-0.2, 0) is 6.54 Å². The van der Waals surface area contributed by atoms with Crippen LogP contribution in [0.5, 0.6) is 0 Å². The number of rotatable bonds is 4. The molecule has 0 bridgehead atoms. The van der Waals surface area contributed by atoms with E-state index in [4.69, 9.17) is 5.26 Å². The van der Waals surface area contributed by atoms with Crippen LogP contribution < -0.4 is 10.2 Å². The summed E-state index contributed by atoms with van der Waals surface area (Å²) in [5, 5.41) is 12.5. The number of halogens is 1. The zero-order valence-electron chi connectivity index (χ0n) is 13.0. The third kappa shape index (κ3) is 4.08. The van der Waals surface area contributed by atoms with Gasteiger partial charge in [-0.05, 0) is 54.8 Å². The number of nitrogens with one attached hydrogen (secondary N) is 1. The molecular weight excluding hydrogens is 289 g/mol. The summed E-state index contributed by atoms with van der Waals surface area (Å²) >= 11 is 0. The van der Waals surface area contributed by atoms with E-state index in [2.05, 4.69) is 16.3 Å². The predicted octanol–water partition coefficient (Wildman–Crippen LogP) is 3.46. The molecule has 0 saturated carbocycles. The molecule has 0 aliphatic carbocycles. The number of hydrogen-bond donors (Lipinski definition) is 1. The van der Waals surface area contributed by atoms with Crippen LogP contribution in [0.15, 0.2) is 48.5 Å². The van der Waals surface area contributed by atoms with Crippen LogP contribution in [0.1, 0.15) is 24.0 Å². The molecule has 3 rings (SSSR count). The van der Waals surface area contributed by atoms with Gasteiger partial charge in [-0.1, -0.05) is 12.1 Å². The fourth-order valence-corrected chi connectivity index (χ4v) is 3.01. The number of benzene rings is 2. The number of hydrogen-bond acceptors (Lipinski definition) is 3. The molecule has 0 radical (unpaired) electrons. The third-order valence-corrected chi connectivity index (χ3v) is 4.34. The minimum absolute atomic E-state index is 0.190. The second kappa shape index (κ2) is 7.26. The van der Waals surface area contributed by atoms with Gasteiger partial charge in [0.15, 0.2) is 0 Å². The maximum absolute atomic E-state index is 13.0. The Morgan fingerprint density at radius 3 is 2.57 bits per heavy atom. The Hall–Kier alpha value is -2.38. The monoisotopic (exact) mass is 309 g/mol. The van der Waals surface area contributed by atoms with Crippen molar-refractivity contribution in [3.63, 3.8) is 0 Å². The van der Waals surface area contributed by atoms with Gasteiger partial charge in [0.05, 0.1) is 11.6 Å². The van der Waals surface area contributed by atoms with Crippen molar-refractivity contribution in [2.45, 2.75) is 25.4 Å². The highest BCUT2D eigenvalue weighted by atomic mass is 19.1. The van der Waals surface area contributed by atoms with E-state index in [0.29, 0.717) is 11.6 Å². The van der Waals surface area contributed by atoms with Crippen LogP contribution in [0.25, 0.3) is 0 Å². The fourth-order valence-electron chi connectivity index (χ4n) is 3.01. The molecule has 4 heteroatoms. The first-order chi connectivity index (χ1) is 11.2. The lowest BCUT2D eigenvalue weighted by molar-refractivity contribution is 0.414. The molecule has 2 aromatic rings. The van der Waals surface area contributed by atoms with E-state index in [-0.39, 0.29) is 5.82 Å². The Balaban J connectivity index is 1.49. The first kappa shape index (κ1) is 15.5. The second-order valence-electron chi connectivity index (χ2n) is 5.93. The summed E-state index contributed by atoms with van der Waals surface area (Å²) in [5.41, 5.74) is 2.94. The van der Waals surface area contributed by atoms with Crippen molar-refractivity contribution >= 4 is 5.69 Å². The summed E-state index contributed by atoms with van der Waals surface area (Å²) in [7, 11) is 0. The molecule has 1 fully saturated rings. The topological polar surface area (TPSA) is 39.1 Å². The minimum Gasteiger partial charge on any atom is -0.371 e. The van der Waals surface area contributed by atoms with Gasteiger partial charge in [0.1, 0.15) is 5.82 Å². The molecule has 1 heterocycles. The number of piperidine rings is 1. The molecule has 1 N–H and O–H groups in total. The molecule has 23 heavy (non-hydrogen) atoms. The molecule has 1 aliphatic rings. The van der Waals surface area contributed by atoms with Crippen LogP contribution in [0.3, 0.4) is 0 Å². The van der Waals surface area contributed by atoms with Crippen molar-refractivity contribution in [3.05, 3.63) is 65.5 Å². The van der Waals surface area contributed by atoms with E-state index in [1.165, 1.54) is 12.1 Å². The maximum atomic E-state index is 13.0. The molecule has 0 amide bonds. The number of nitrogens with zero attached hydrogens (tertiary/aromatic N) is 2. The number of nitriles is 1. The summed E-state index contributed by atoms with van der Waals surface area (Å²) in [6, 6.07) is 17.1. The Labute approximate surface area is 136 Å². The van der Waals surface area contributed by atoms with Gasteiger partial charge in [-0.15, -0.1) is 0 Å². The number of anilines is 1. The summed E-state index contributed by atoms with van der Waals surface area (Å²) < 4.78 is 13.0. The highest BCUT2D eigenvalue weighted by Gasteiger charge is 2.19. The van der Waals surface area contributed by atoms with Crippen LogP contribution in [0, 0.1) is 17.1 Å². The maximum Gasteiger partial charge on any atom is 0.123 e. The van der Waals surface area contributed by atoms with E-state index >= 15 is 0 Å². The van der Waals surface area contributed by atoms with Gasteiger partial charge in [0, 0.05) is 31.4 Å². The zero-order chi connectivity index (χ0) is 16.1. The smallest absolute Gasteiger partial charge is 0.123 e. The Morgan fingerprint density at radius 2 is 1.87 bits per heavy atom. The molecule has 0 atom stereocenters. The fraction of sp³-hybridized carbons (Fsp3) is 0.316. The minimum atomic E-state index is -0.190. The van der Waals surface area contributed by atoms with Crippen molar-refractivity contribution in [2.75, 3.05) is 18.0 Å². The van der Waals surface area contributed by atoms with Crippen molar-refractivity contribution in [2.24, 2.45) is 0 Å². The van der Waals surface area contributed by atoms with Gasteiger partial charge in [-0.25, -0.2) is 4.39 Å². The molecule has 0 spiro atoms. The van der Waals surface area contributed by atoms with E-state index in [1.54, 1.807) is 0 Å². The lowest BCUT2D eigenvalue weighted by Crippen LogP contribution is -2.42. The first-order valence-electron chi connectivity index (χ1n) is 7.97. The van der Waals surface area contributed by atoms with Gasteiger partial charge in [-0.2, -0.15) is 5.26 Å². The van der Waals surface area contributed by atoms with Crippen LogP contribution in [0.4, 0.5) is 10.1 Å². The first-order valence-corrected chi connectivity index (χ1v) is 7.97. The summed E-state index contributed by atoms with van der Waals surface area (Å²) in [6.45, 7) is 2.74. The molecular formula is C19H20FN3. The molecule has 0 unspecified atom stereocenters. The molecule has 3 nitrogen and oxygen atoms in total. The van der Waals surface area contributed by atoms with Gasteiger partial charge in [0.2, 0.25) is 0 Å².